The fraction of sp³-hybridized carbons (Fsp3) is 0.0588. The first kappa shape index (κ1) is 29.5. The lowest BCUT2D eigenvalue weighted by Gasteiger charge is -2.10. The van der Waals surface area contributed by atoms with Gasteiger partial charge in [0.2, 0.25) is 23.8 Å². The van der Waals surface area contributed by atoms with E-state index in [2.05, 4.69) is 51.2 Å². The van der Waals surface area contributed by atoms with E-state index in [1.807, 2.05) is 121 Å². The average molecular weight is 611 g/mol. The number of benzene rings is 4. The predicted octanol–water partition coefficient (Wildman–Crippen LogP) is 7.22. The van der Waals surface area contributed by atoms with Gasteiger partial charge in [-0.3, -0.25) is 0 Å². The van der Waals surface area contributed by atoms with Crippen molar-refractivity contribution in [3.05, 3.63) is 120 Å². The Morgan fingerprint density at radius 1 is 0.391 bits per heavy atom. The van der Waals surface area contributed by atoms with Gasteiger partial charge in [0, 0.05) is 22.7 Å². The first-order valence-corrected chi connectivity index (χ1v) is 14.3. The number of methoxy groups -OCH3 is 2. The molecule has 46 heavy (non-hydrogen) atoms. The normalized spacial score (nSPS) is 10.7. The van der Waals surface area contributed by atoms with E-state index in [1.165, 1.54) is 14.2 Å². The highest BCUT2D eigenvalue weighted by molar-refractivity contribution is 5.72. The van der Waals surface area contributed by atoms with E-state index < -0.39 is 0 Å². The summed E-state index contributed by atoms with van der Waals surface area (Å²) in [7, 11) is 3.04. The van der Waals surface area contributed by atoms with Crippen LogP contribution >= 0.6 is 0 Å². The van der Waals surface area contributed by atoms with Crippen molar-refractivity contribution in [2.24, 2.45) is 0 Å². The van der Waals surface area contributed by atoms with Gasteiger partial charge in [0.15, 0.2) is 0 Å². The molecule has 12 nitrogen and oxygen atoms in total. The monoisotopic (exact) mass is 610 g/mol. The van der Waals surface area contributed by atoms with Crippen molar-refractivity contribution < 1.29 is 9.47 Å². The van der Waals surface area contributed by atoms with Gasteiger partial charge in [-0.25, -0.2) is 0 Å². The highest BCUT2D eigenvalue weighted by Gasteiger charge is 2.09. The summed E-state index contributed by atoms with van der Waals surface area (Å²) in [4.78, 5) is 26.1. The van der Waals surface area contributed by atoms with E-state index in [1.54, 1.807) is 0 Å². The number of nitrogens with one attached hydrogen (secondary N) is 4. The second kappa shape index (κ2) is 14.3. The first-order valence-electron chi connectivity index (χ1n) is 14.3. The number of para-hydroxylation sites is 2. The summed E-state index contributed by atoms with van der Waals surface area (Å²) in [5, 5.41) is 12.8. The van der Waals surface area contributed by atoms with Crippen molar-refractivity contribution in [3.8, 4) is 12.0 Å². The Morgan fingerprint density at radius 3 is 1.00 bits per heavy atom. The summed E-state index contributed by atoms with van der Waals surface area (Å²) >= 11 is 0. The minimum atomic E-state index is 0.203. The Kier molecular flexibility index (Phi) is 9.16. The Balaban J connectivity index is 1.07. The quantitative estimate of drug-likeness (QED) is 0.104. The second-order valence-electron chi connectivity index (χ2n) is 9.75. The summed E-state index contributed by atoms with van der Waals surface area (Å²) in [6, 6.07) is 35.6. The van der Waals surface area contributed by atoms with Crippen LogP contribution in [0.25, 0.3) is 12.2 Å². The number of nitrogens with zero attached hydrogens (tertiary/aromatic N) is 6. The van der Waals surface area contributed by atoms with Crippen LogP contribution in [0.5, 0.6) is 12.0 Å². The maximum absolute atomic E-state index is 5.26. The maximum atomic E-state index is 5.26. The predicted molar refractivity (Wildman–Crippen MR) is 181 cm³/mol. The Labute approximate surface area is 265 Å². The molecule has 6 aromatic rings. The van der Waals surface area contributed by atoms with Crippen molar-refractivity contribution in [1.82, 2.24) is 29.9 Å². The van der Waals surface area contributed by atoms with Gasteiger partial charge in [0.05, 0.1) is 14.2 Å². The molecule has 0 aliphatic rings. The molecule has 4 aromatic carbocycles. The minimum Gasteiger partial charge on any atom is -0.467 e. The zero-order valence-electron chi connectivity index (χ0n) is 25.0. The molecule has 0 saturated carbocycles. The molecule has 0 aliphatic carbocycles. The van der Waals surface area contributed by atoms with Crippen LogP contribution in [0.3, 0.4) is 0 Å². The molecule has 0 amide bonds. The molecule has 0 spiro atoms. The zero-order valence-corrected chi connectivity index (χ0v) is 25.0. The SMILES string of the molecule is COc1nc(Nc2ccccc2)nc(Nc2ccc(C=Cc3ccc(Nc4nc(Nc5ccccc5)nc(OC)n4)cc3)cc2)n1. The van der Waals surface area contributed by atoms with Crippen LogP contribution in [-0.4, -0.2) is 44.1 Å². The molecule has 228 valence electrons. The van der Waals surface area contributed by atoms with Crippen molar-refractivity contribution in [2.75, 3.05) is 35.5 Å². The fourth-order valence-corrected chi connectivity index (χ4v) is 4.23. The summed E-state index contributed by atoms with van der Waals surface area (Å²) in [6.45, 7) is 0. The number of anilines is 8. The summed E-state index contributed by atoms with van der Waals surface area (Å²) < 4.78 is 10.5. The number of hydrogen-bond acceptors (Lipinski definition) is 12. The van der Waals surface area contributed by atoms with Crippen LogP contribution in [-0.2, 0) is 0 Å². The molecule has 12 heteroatoms. The van der Waals surface area contributed by atoms with Gasteiger partial charge < -0.3 is 30.7 Å². The summed E-state index contributed by atoms with van der Waals surface area (Å²) in [5.74, 6) is 1.47. The largest absolute Gasteiger partial charge is 0.467 e. The van der Waals surface area contributed by atoms with Gasteiger partial charge in [0.25, 0.3) is 0 Å². The molecular formula is C34H30N10O2. The van der Waals surface area contributed by atoms with Crippen molar-refractivity contribution in [3.63, 3.8) is 0 Å². The third-order valence-electron chi connectivity index (χ3n) is 6.46. The smallest absolute Gasteiger partial charge is 0.322 e. The average Bonchev–Trinajstić information content (AvgIpc) is 3.09. The molecule has 0 fully saturated rings. The fourth-order valence-electron chi connectivity index (χ4n) is 4.23. The van der Waals surface area contributed by atoms with E-state index in [0.29, 0.717) is 23.8 Å². The van der Waals surface area contributed by atoms with Gasteiger partial charge in [-0.05, 0) is 59.7 Å². The molecule has 0 bridgehead atoms. The lowest BCUT2D eigenvalue weighted by molar-refractivity contribution is 0.379. The first-order chi connectivity index (χ1) is 22.6. The molecule has 2 heterocycles. The highest BCUT2D eigenvalue weighted by Crippen LogP contribution is 2.22. The summed E-state index contributed by atoms with van der Waals surface area (Å²) in [6.07, 6.45) is 4.08. The Bertz CT molecular complexity index is 1760. The van der Waals surface area contributed by atoms with Gasteiger partial charge in [-0.15, -0.1) is 0 Å². The van der Waals surface area contributed by atoms with Gasteiger partial charge in [-0.2, -0.15) is 29.9 Å². The topological polar surface area (TPSA) is 144 Å². The third kappa shape index (κ3) is 8.08. The molecule has 4 N–H and O–H groups in total. The molecule has 0 aliphatic heterocycles. The third-order valence-corrected chi connectivity index (χ3v) is 6.46. The Morgan fingerprint density at radius 2 is 0.696 bits per heavy atom. The van der Waals surface area contributed by atoms with Gasteiger partial charge in [0.1, 0.15) is 0 Å². The van der Waals surface area contributed by atoms with E-state index >= 15 is 0 Å². The van der Waals surface area contributed by atoms with E-state index in [-0.39, 0.29) is 12.0 Å². The molecule has 2 aromatic heterocycles. The van der Waals surface area contributed by atoms with Crippen molar-refractivity contribution in [2.45, 2.75) is 0 Å². The molecule has 0 unspecified atom stereocenters. The van der Waals surface area contributed by atoms with Crippen LogP contribution in [0, 0.1) is 0 Å². The van der Waals surface area contributed by atoms with E-state index in [0.717, 1.165) is 33.9 Å². The van der Waals surface area contributed by atoms with Crippen LogP contribution in [0.4, 0.5) is 46.5 Å². The van der Waals surface area contributed by atoms with Crippen LogP contribution in [0.2, 0.25) is 0 Å². The zero-order chi connectivity index (χ0) is 31.6. The standard InChI is InChI=1S/C34H30N10O2/c1-45-33-41-29(35-25-9-5-3-6-10-25)39-31(43-33)37-27-19-15-23(16-20-27)13-14-24-17-21-28(22-18-24)38-32-40-30(42-34(44-32)46-2)36-26-11-7-4-8-12-26/h3-22H,1-2H3,(H2,35,37,39,41,43)(H2,36,38,40,42,44). The Hall–Kier alpha value is -6.56. The molecule has 0 atom stereocenters. The van der Waals surface area contributed by atoms with Crippen molar-refractivity contribution >= 4 is 58.7 Å². The van der Waals surface area contributed by atoms with E-state index in [4.69, 9.17) is 9.47 Å². The number of rotatable bonds is 12. The number of ether oxygens (including phenoxy) is 2. The molecule has 6 rings (SSSR count). The van der Waals surface area contributed by atoms with Crippen molar-refractivity contribution in [1.29, 1.82) is 0 Å². The number of hydrogen-bond donors (Lipinski definition) is 4. The lowest BCUT2D eigenvalue weighted by Crippen LogP contribution is -2.05. The maximum Gasteiger partial charge on any atom is 0.322 e. The molecule has 0 saturated heterocycles. The van der Waals surface area contributed by atoms with Crippen LogP contribution < -0.4 is 30.7 Å². The lowest BCUT2D eigenvalue weighted by atomic mass is 10.1. The highest BCUT2D eigenvalue weighted by atomic mass is 16.5. The van der Waals surface area contributed by atoms with Crippen LogP contribution in [0.15, 0.2) is 109 Å². The van der Waals surface area contributed by atoms with Gasteiger partial charge >= 0.3 is 12.0 Å². The van der Waals surface area contributed by atoms with E-state index in [9.17, 15) is 0 Å². The van der Waals surface area contributed by atoms with Gasteiger partial charge in [-0.1, -0.05) is 72.8 Å². The summed E-state index contributed by atoms with van der Waals surface area (Å²) in [5.41, 5.74) is 5.43. The number of aromatic nitrogens is 6. The molecule has 0 radical (unpaired) electrons. The minimum absolute atomic E-state index is 0.203. The molecular weight excluding hydrogens is 580 g/mol. The second-order valence-corrected chi connectivity index (χ2v) is 9.75. The van der Waals surface area contributed by atoms with Crippen LogP contribution in [0.1, 0.15) is 11.1 Å².